The molecule has 4 rings (SSSR count). The van der Waals surface area contributed by atoms with E-state index in [1.807, 2.05) is 42.6 Å². The Labute approximate surface area is 176 Å². The van der Waals surface area contributed by atoms with E-state index in [-0.39, 0.29) is 5.91 Å². The second-order valence-corrected chi connectivity index (χ2v) is 7.33. The summed E-state index contributed by atoms with van der Waals surface area (Å²) in [7, 11) is 0. The van der Waals surface area contributed by atoms with Crippen LogP contribution in [0.4, 0.5) is 5.13 Å². The van der Waals surface area contributed by atoms with Crippen LogP contribution < -0.4 is 15.8 Å². The molecular weight excluding hydrogens is 402 g/mol. The zero-order valence-corrected chi connectivity index (χ0v) is 17.0. The number of amides is 1. The van der Waals surface area contributed by atoms with Gasteiger partial charge in [-0.3, -0.25) is 15.1 Å². The molecule has 2 heterocycles. The Balaban J connectivity index is 1.45. The maximum absolute atomic E-state index is 12.3. The summed E-state index contributed by atoms with van der Waals surface area (Å²) in [5.74, 6) is -0.0400. The zero-order chi connectivity index (χ0) is 20.9. The highest BCUT2D eigenvalue weighted by molar-refractivity contribution is 7.14. The summed E-state index contributed by atoms with van der Waals surface area (Å²) in [4.78, 5) is 30.7. The van der Waals surface area contributed by atoms with Gasteiger partial charge in [-0.1, -0.05) is 31.2 Å². The number of hydrogen-bond acceptors (Lipinski definition) is 6. The SMILES string of the molecule is CCCOc1ccccc1/C=C/C(=O)Nc1nc(-c2ccc3[nH]c(=O)oc3c2)cs1. The maximum atomic E-state index is 12.3. The van der Waals surface area contributed by atoms with Crippen LogP contribution in [0.1, 0.15) is 18.9 Å². The molecule has 4 aromatic rings. The molecular formula is C22H19N3O4S. The van der Waals surface area contributed by atoms with Gasteiger partial charge in [-0.2, -0.15) is 0 Å². The van der Waals surface area contributed by atoms with Crippen LogP contribution in [0.15, 0.2) is 63.1 Å². The van der Waals surface area contributed by atoms with Crippen LogP contribution in [-0.2, 0) is 4.79 Å². The summed E-state index contributed by atoms with van der Waals surface area (Å²) in [6, 6.07) is 12.9. The molecule has 2 aromatic carbocycles. The van der Waals surface area contributed by atoms with Crippen molar-refractivity contribution in [3.05, 3.63) is 70.0 Å². The molecule has 0 atom stereocenters. The number of thiazole rings is 1. The summed E-state index contributed by atoms with van der Waals surface area (Å²) in [5, 5.41) is 5.08. The first kappa shape index (κ1) is 19.7. The Morgan fingerprint density at radius 3 is 3.03 bits per heavy atom. The first-order valence-electron chi connectivity index (χ1n) is 9.42. The second-order valence-electron chi connectivity index (χ2n) is 6.47. The van der Waals surface area contributed by atoms with E-state index in [9.17, 15) is 9.59 Å². The van der Waals surface area contributed by atoms with Gasteiger partial charge in [-0.25, -0.2) is 9.78 Å². The summed E-state index contributed by atoms with van der Waals surface area (Å²) in [6.45, 7) is 2.66. The Bertz CT molecular complexity index is 1270. The highest BCUT2D eigenvalue weighted by Gasteiger charge is 2.09. The smallest absolute Gasteiger partial charge is 0.417 e. The molecule has 30 heavy (non-hydrogen) atoms. The summed E-state index contributed by atoms with van der Waals surface area (Å²) in [6.07, 6.45) is 4.08. The van der Waals surface area contributed by atoms with E-state index in [1.54, 1.807) is 18.2 Å². The number of fused-ring (bicyclic) bond motifs is 1. The fourth-order valence-corrected chi connectivity index (χ4v) is 3.57. The molecule has 0 saturated carbocycles. The molecule has 0 aliphatic carbocycles. The molecule has 2 N–H and O–H groups in total. The standard InChI is InChI=1S/C22H19N3O4S/c1-2-11-28-18-6-4-3-5-14(18)8-10-20(26)25-21-23-17(13-30-21)15-7-9-16-19(12-15)29-22(27)24-16/h3-10,12-13H,2,11H2,1H3,(H,24,27)(H,23,25,26)/b10-8+. The van der Waals surface area contributed by atoms with Crippen LogP contribution in [0, 0.1) is 0 Å². The van der Waals surface area contributed by atoms with Crippen molar-refractivity contribution in [2.45, 2.75) is 13.3 Å². The van der Waals surface area contributed by atoms with E-state index < -0.39 is 5.76 Å². The molecule has 7 nitrogen and oxygen atoms in total. The number of aromatic amines is 1. The topological polar surface area (TPSA) is 97.2 Å². The Hall–Kier alpha value is -3.65. The van der Waals surface area contributed by atoms with Gasteiger partial charge in [0.05, 0.1) is 17.8 Å². The highest BCUT2D eigenvalue weighted by atomic mass is 32.1. The Morgan fingerprint density at radius 1 is 1.30 bits per heavy atom. The highest BCUT2D eigenvalue weighted by Crippen LogP contribution is 2.27. The van der Waals surface area contributed by atoms with Crippen LogP contribution in [0.3, 0.4) is 0 Å². The number of hydrogen-bond donors (Lipinski definition) is 2. The van der Waals surface area contributed by atoms with Crippen molar-refractivity contribution in [1.82, 2.24) is 9.97 Å². The first-order chi connectivity index (χ1) is 14.6. The van der Waals surface area contributed by atoms with E-state index in [0.717, 1.165) is 23.3 Å². The molecule has 0 bridgehead atoms. The van der Waals surface area contributed by atoms with E-state index in [0.29, 0.717) is 28.5 Å². The van der Waals surface area contributed by atoms with Crippen LogP contribution >= 0.6 is 11.3 Å². The largest absolute Gasteiger partial charge is 0.493 e. The minimum absolute atomic E-state index is 0.284. The van der Waals surface area contributed by atoms with E-state index in [1.165, 1.54) is 17.4 Å². The minimum Gasteiger partial charge on any atom is -0.493 e. The lowest BCUT2D eigenvalue weighted by atomic mass is 10.1. The lowest BCUT2D eigenvalue weighted by molar-refractivity contribution is -0.111. The summed E-state index contributed by atoms with van der Waals surface area (Å²) >= 11 is 1.32. The number of anilines is 1. The second kappa shape index (κ2) is 8.79. The number of carbonyl (C=O) groups excluding carboxylic acids is 1. The van der Waals surface area contributed by atoms with E-state index in [2.05, 4.69) is 15.3 Å². The minimum atomic E-state index is -0.498. The molecule has 8 heteroatoms. The monoisotopic (exact) mass is 421 g/mol. The summed E-state index contributed by atoms with van der Waals surface area (Å²) < 4.78 is 10.8. The van der Waals surface area contributed by atoms with Gasteiger partial charge in [0, 0.05) is 22.6 Å². The van der Waals surface area contributed by atoms with Crippen molar-refractivity contribution >= 4 is 39.6 Å². The zero-order valence-electron chi connectivity index (χ0n) is 16.2. The van der Waals surface area contributed by atoms with Gasteiger partial charge in [0.2, 0.25) is 5.91 Å². The van der Waals surface area contributed by atoms with Crippen LogP contribution in [-0.4, -0.2) is 22.5 Å². The number of aromatic nitrogens is 2. The van der Waals surface area contributed by atoms with Crippen LogP contribution in [0.2, 0.25) is 0 Å². The molecule has 0 aliphatic rings. The Morgan fingerprint density at radius 2 is 2.17 bits per heavy atom. The van der Waals surface area contributed by atoms with Gasteiger partial charge >= 0.3 is 5.76 Å². The molecule has 0 spiro atoms. The third kappa shape index (κ3) is 4.49. The Kier molecular flexibility index (Phi) is 5.76. The number of oxazole rings is 1. The number of ether oxygens (including phenoxy) is 1. The van der Waals surface area contributed by atoms with E-state index >= 15 is 0 Å². The van der Waals surface area contributed by atoms with Gasteiger partial charge in [-0.05, 0) is 30.7 Å². The number of nitrogens with zero attached hydrogens (tertiary/aromatic N) is 1. The third-order valence-corrected chi connectivity index (χ3v) is 5.00. The van der Waals surface area contributed by atoms with Crippen LogP contribution in [0.25, 0.3) is 28.4 Å². The molecule has 0 saturated heterocycles. The number of carbonyl (C=O) groups is 1. The van der Waals surface area contributed by atoms with Gasteiger partial charge < -0.3 is 9.15 Å². The van der Waals surface area contributed by atoms with Crippen molar-refractivity contribution in [2.75, 3.05) is 11.9 Å². The normalized spacial score (nSPS) is 11.2. The summed E-state index contributed by atoms with van der Waals surface area (Å²) in [5.41, 5.74) is 3.40. The number of rotatable bonds is 7. The molecule has 0 unspecified atom stereocenters. The molecule has 0 fully saturated rings. The predicted molar refractivity (Wildman–Crippen MR) is 118 cm³/mol. The lowest BCUT2D eigenvalue weighted by Crippen LogP contribution is -2.07. The maximum Gasteiger partial charge on any atom is 0.417 e. The molecule has 1 amide bonds. The van der Waals surface area contributed by atoms with Crippen molar-refractivity contribution in [3.8, 4) is 17.0 Å². The van der Waals surface area contributed by atoms with Crippen LogP contribution in [0.5, 0.6) is 5.75 Å². The van der Waals surface area contributed by atoms with Gasteiger partial charge in [-0.15, -0.1) is 11.3 Å². The van der Waals surface area contributed by atoms with Gasteiger partial charge in [0.1, 0.15) is 5.75 Å². The van der Waals surface area contributed by atoms with Crippen molar-refractivity contribution in [3.63, 3.8) is 0 Å². The molecule has 2 aromatic heterocycles. The molecule has 0 radical (unpaired) electrons. The third-order valence-electron chi connectivity index (χ3n) is 4.25. The average molecular weight is 421 g/mol. The number of H-pyrrole nitrogens is 1. The quantitative estimate of drug-likeness (QED) is 0.422. The van der Waals surface area contributed by atoms with Crippen molar-refractivity contribution in [1.29, 1.82) is 0 Å². The number of para-hydroxylation sites is 1. The van der Waals surface area contributed by atoms with Gasteiger partial charge in [0.15, 0.2) is 10.7 Å². The number of benzene rings is 2. The van der Waals surface area contributed by atoms with Crippen molar-refractivity contribution < 1.29 is 13.9 Å². The first-order valence-corrected chi connectivity index (χ1v) is 10.3. The lowest BCUT2D eigenvalue weighted by Gasteiger charge is -2.07. The molecule has 0 aliphatic heterocycles. The van der Waals surface area contributed by atoms with Crippen molar-refractivity contribution in [2.24, 2.45) is 0 Å². The fraction of sp³-hybridized carbons (Fsp3) is 0.136. The molecule has 152 valence electrons. The predicted octanol–water partition coefficient (Wildman–Crippen LogP) is 4.69. The van der Waals surface area contributed by atoms with Gasteiger partial charge in [0.25, 0.3) is 0 Å². The van der Waals surface area contributed by atoms with E-state index in [4.69, 9.17) is 9.15 Å². The fourth-order valence-electron chi connectivity index (χ4n) is 2.84. The number of nitrogens with one attached hydrogen (secondary N) is 2. The average Bonchev–Trinajstić information content (AvgIpc) is 3.36.